The third kappa shape index (κ3) is 2.44. The minimum Gasteiger partial charge on any atom is -0.488 e. The summed E-state index contributed by atoms with van der Waals surface area (Å²) in [5.41, 5.74) is 7.00. The van der Waals surface area contributed by atoms with Gasteiger partial charge in [-0.25, -0.2) is 0 Å². The standard InChI is InChI=1S/C12H14BrNO2/c1-7-4-9(11(15)6-14)12(10(13)5-7)16-8-2-3-8/h4-5,8H,2-3,6,14H2,1H3. The second kappa shape index (κ2) is 4.55. The van der Waals surface area contributed by atoms with E-state index >= 15 is 0 Å². The molecule has 0 unspecified atom stereocenters. The highest BCUT2D eigenvalue weighted by atomic mass is 79.9. The smallest absolute Gasteiger partial charge is 0.180 e. The average Bonchev–Trinajstić information content (AvgIpc) is 3.04. The van der Waals surface area contributed by atoms with Crippen molar-refractivity contribution in [3.63, 3.8) is 0 Å². The lowest BCUT2D eigenvalue weighted by molar-refractivity contribution is 0.0997. The van der Waals surface area contributed by atoms with Gasteiger partial charge < -0.3 is 10.5 Å². The molecule has 0 aliphatic heterocycles. The number of carbonyl (C=O) groups excluding carboxylic acids is 1. The summed E-state index contributed by atoms with van der Waals surface area (Å²) in [6, 6.07) is 3.78. The summed E-state index contributed by atoms with van der Waals surface area (Å²) >= 11 is 3.43. The van der Waals surface area contributed by atoms with E-state index in [1.54, 1.807) is 0 Å². The molecule has 0 amide bonds. The fourth-order valence-electron chi connectivity index (χ4n) is 1.52. The number of halogens is 1. The second-order valence-corrected chi connectivity index (χ2v) is 4.92. The minimum absolute atomic E-state index is 0.0108. The van der Waals surface area contributed by atoms with E-state index in [1.165, 1.54) is 0 Å². The number of benzene rings is 1. The molecular weight excluding hydrogens is 270 g/mol. The van der Waals surface area contributed by atoms with E-state index in [0.717, 1.165) is 22.9 Å². The van der Waals surface area contributed by atoms with Crippen molar-refractivity contribution in [2.45, 2.75) is 25.9 Å². The van der Waals surface area contributed by atoms with Gasteiger partial charge in [-0.15, -0.1) is 0 Å². The average molecular weight is 284 g/mol. The maximum absolute atomic E-state index is 11.7. The zero-order chi connectivity index (χ0) is 11.7. The predicted molar refractivity (Wildman–Crippen MR) is 65.9 cm³/mol. The molecule has 2 N–H and O–H groups in total. The number of hydrogen-bond donors (Lipinski definition) is 1. The van der Waals surface area contributed by atoms with Crippen LogP contribution >= 0.6 is 15.9 Å². The Balaban J connectivity index is 2.40. The molecule has 0 saturated heterocycles. The molecule has 2 rings (SSSR count). The Bertz CT molecular complexity index is 427. The fraction of sp³-hybridized carbons (Fsp3) is 0.417. The second-order valence-electron chi connectivity index (χ2n) is 4.07. The van der Waals surface area contributed by atoms with Crippen molar-refractivity contribution in [1.29, 1.82) is 0 Å². The number of ether oxygens (including phenoxy) is 1. The summed E-state index contributed by atoms with van der Waals surface area (Å²) < 4.78 is 6.57. The van der Waals surface area contributed by atoms with Gasteiger partial charge in [0.15, 0.2) is 5.78 Å². The Kier molecular flexibility index (Phi) is 3.30. The van der Waals surface area contributed by atoms with Gasteiger partial charge in [0, 0.05) is 0 Å². The van der Waals surface area contributed by atoms with E-state index in [-0.39, 0.29) is 18.4 Å². The SMILES string of the molecule is Cc1cc(Br)c(OC2CC2)c(C(=O)CN)c1. The first-order valence-corrected chi connectivity index (χ1v) is 6.11. The number of rotatable bonds is 4. The molecule has 4 heteroatoms. The first-order valence-electron chi connectivity index (χ1n) is 5.32. The van der Waals surface area contributed by atoms with Gasteiger partial charge in [-0.05, 0) is 53.4 Å². The van der Waals surface area contributed by atoms with E-state index in [9.17, 15) is 4.79 Å². The minimum atomic E-state index is -0.0833. The van der Waals surface area contributed by atoms with Gasteiger partial charge in [-0.3, -0.25) is 4.79 Å². The van der Waals surface area contributed by atoms with Crippen LogP contribution < -0.4 is 10.5 Å². The van der Waals surface area contributed by atoms with Crippen molar-refractivity contribution in [3.8, 4) is 5.75 Å². The fourth-order valence-corrected chi connectivity index (χ4v) is 2.19. The first kappa shape index (κ1) is 11.6. The van der Waals surface area contributed by atoms with Crippen molar-refractivity contribution in [1.82, 2.24) is 0 Å². The molecule has 1 aliphatic carbocycles. The van der Waals surface area contributed by atoms with Crippen LogP contribution in [0.5, 0.6) is 5.75 Å². The van der Waals surface area contributed by atoms with Crippen LogP contribution in [0.2, 0.25) is 0 Å². The molecule has 1 aromatic rings. The molecule has 0 aromatic heterocycles. The maximum Gasteiger partial charge on any atom is 0.180 e. The van der Waals surface area contributed by atoms with Crippen LogP contribution in [0.3, 0.4) is 0 Å². The Morgan fingerprint density at radius 1 is 1.56 bits per heavy atom. The van der Waals surface area contributed by atoms with Gasteiger partial charge in [0.2, 0.25) is 0 Å². The first-order chi connectivity index (χ1) is 7.61. The normalized spacial score (nSPS) is 14.9. The molecule has 86 valence electrons. The molecule has 1 fully saturated rings. The molecule has 1 saturated carbocycles. The quantitative estimate of drug-likeness (QED) is 0.864. The van der Waals surface area contributed by atoms with Crippen LogP contribution in [0.1, 0.15) is 28.8 Å². The third-order valence-corrected chi connectivity index (χ3v) is 3.07. The van der Waals surface area contributed by atoms with Gasteiger partial charge in [-0.1, -0.05) is 0 Å². The molecule has 1 aromatic carbocycles. The molecule has 0 heterocycles. The van der Waals surface area contributed by atoms with E-state index < -0.39 is 0 Å². The van der Waals surface area contributed by atoms with Crippen molar-refractivity contribution < 1.29 is 9.53 Å². The predicted octanol–water partition coefficient (Wildman–Crippen LogP) is 2.44. The number of ketones is 1. The van der Waals surface area contributed by atoms with Crippen LogP contribution in [-0.2, 0) is 0 Å². The highest BCUT2D eigenvalue weighted by Crippen LogP contribution is 2.36. The number of carbonyl (C=O) groups is 1. The van der Waals surface area contributed by atoms with Gasteiger partial charge in [0.1, 0.15) is 5.75 Å². The van der Waals surface area contributed by atoms with Crippen LogP contribution in [0.15, 0.2) is 16.6 Å². The third-order valence-electron chi connectivity index (χ3n) is 2.48. The Labute approximate surface area is 103 Å². The number of nitrogens with two attached hydrogens (primary N) is 1. The summed E-state index contributed by atoms with van der Waals surface area (Å²) in [5.74, 6) is 0.559. The zero-order valence-electron chi connectivity index (χ0n) is 9.13. The van der Waals surface area contributed by atoms with Crippen molar-refractivity contribution in [3.05, 3.63) is 27.7 Å². The molecule has 0 bridgehead atoms. The summed E-state index contributed by atoms with van der Waals surface area (Å²) in [4.78, 5) is 11.7. The number of aryl methyl sites for hydroxylation is 1. The molecular formula is C12H14BrNO2. The van der Waals surface area contributed by atoms with Gasteiger partial charge in [0.25, 0.3) is 0 Å². The van der Waals surface area contributed by atoms with Crippen LogP contribution in [-0.4, -0.2) is 18.4 Å². The van der Waals surface area contributed by atoms with E-state index in [0.29, 0.717) is 11.3 Å². The molecule has 0 spiro atoms. The van der Waals surface area contributed by atoms with Crippen LogP contribution in [0.4, 0.5) is 0 Å². The maximum atomic E-state index is 11.7. The van der Waals surface area contributed by atoms with Gasteiger partial charge >= 0.3 is 0 Å². The summed E-state index contributed by atoms with van der Waals surface area (Å²) in [6.45, 7) is 1.95. The molecule has 3 nitrogen and oxygen atoms in total. The molecule has 1 aliphatic rings. The number of Topliss-reactive ketones (excluding diaryl/α,β-unsaturated/α-hetero) is 1. The van der Waals surface area contributed by atoms with Crippen LogP contribution in [0, 0.1) is 6.92 Å². The highest BCUT2D eigenvalue weighted by molar-refractivity contribution is 9.10. The Morgan fingerprint density at radius 2 is 2.25 bits per heavy atom. The lowest BCUT2D eigenvalue weighted by atomic mass is 10.1. The van der Waals surface area contributed by atoms with Crippen molar-refractivity contribution >= 4 is 21.7 Å². The van der Waals surface area contributed by atoms with E-state index in [1.807, 2.05) is 19.1 Å². The summed E-state index contributed by atoms with van der Waals surface area (Å²) in [7, 11) is 0. The molecule has 0 atom stereocenters. The van der Waals surface area contributed by atoms with Gasteiger partial charge in [0.05, 0.1) is 22.7 Å². The summed E-state index contributed by atoms with van der Waals surface area (Å²) in [6.07, 6.45) is 2.40. The lowest BCUT2D eigenvalue weighted by Crippen LogP contribution is -2.15. The number of hydrogen-bond acceptors (Lipinski definition) is 3. The molecule has 16 heavy (non-hydrogen) atoms. The largest absolute Gasteiger partial charge is 0.488 e. The Hall–Kier alpha value is -0.870. The Morgan fingerprint density at radius 3 is 2.81 bits per heavy atom. The molecule has 0 radical (unpaired) electrons. The van der Waals surface area contributed by atoms with Crippen molar-refractivity contribution in [2.24, 2.45) is 5.73 Å². The van der Waals surface area contributed by atoms with E-state index in [4.69, 9.17) is 10.5 Å². The van der Waals surface area contributed by atoms with Crippen LogP contribution in [0.25, 0.3) is 0 Å². The topological polar surface area (TPSA) is 52.3 Å². The van der Waals surface area contributed by atoms with E-state index in [2.05, 4.69) is 15.9 Å². The van der Waals surface area contributed by atoms with Gasteiger partial charge in [-0.2, -0.15) is 0 Å². The van der Waals surface area contributed by atoms with Crippen molar-refractivity contribution in [2.75, 3.05) is 6.54 Å². The highest BCUT2D eigenvalue weighted by Gasteiger charge is 2.26. The summed E-state index contributed by atoms with van der Waals surface area (Å²) in [5, 5.41) is 0. The lowest BCUT2D eigenvalue weighted by Gasteiger charge is -2.12. The monoisotopic (exact) mass is 283 g/mol. The zero-order valence-corrected chi connectivity index (χ0v) is 10.7.